The third kappa shape index (κ3) is 16.3. The van der Waals surface area contributed by atoms with Gasteiger partial charge >= 0.3 is 0 Å². The molecule has 0 radical (unpaired) electrons. The van der Waals surface area contributed by atoms with Crippen LogP contribution in [-0.4, -0.2) is 91.9 Å². The molecule has 0 saturated carbocycles. The van der Waals surface area contributed by atoms with Crippen molar-refractivity contribution in [1.82, 2.24) is 19.1 Å². The molecule has 0 bridgehead atoms. The van der Waals surface area contributed by atoms with E-state index in [9.17, 15) is 43.2 Å². The van der Waals surface area contributed by atoms with Crippen molar-refractivity contribution in [1.29, 1.82) is 0 Å². The van der Waals surface area contributed by atoms with Gasteiger partial charge in [0.15, 0.2) is 16.3 Å². The number of carbonyl (C=O) groups is 9. The van der Waals surface area contributed by atoms with E-state index < -0.39 is 69.5 Å². The number of nitrogens with one attached hydrogen (secondary N) is 3. The normalized spacial score (nSPS) is 13.3. The highest BCUT2D eigenvalue weighted by atomic mass is 32.1. The van der Waals surface area contributed by atoms with Gasteiger partial charge in [0, 0.05) is 196 Å². The molecule has 0 saturated heterocycles. The van der Waals surface area contributed by atoms with Crippen molar-refractivity contribution in [3.05, 3.63) is 279 Å². The second kappa shape index (κ2) is 37.4. The number of hydrogen-bond acceptors (Lipinski definition) is 18. The van der Waals surface area contributed by atoms with Gasteiger partial charge in [0.2, 0.25) is 17.7 Å². The minimum absolute atomic E-state index is 0.0316. The molecule has 0 aliphatic carbocycles. The molecule has 0 unspecified atom stereocenters. The first-order valence-corrected chi connectivity index (χ1v) is 51.9. The van der Waals surface area contributed by atoms with Gasteiger partial charge in [-0.05, 0) is 236 Å². The van der Waals surface area contributed by atoms with Crippen LogP contribution in [0, 0.1) is 0 Å². The van der Waals surface area contributed by atoms with Crippen LogP contribution in [0.5, 0.6) is 0 Å². The molecule has 136 heavy (non-hydrogen) atoms. The third-order valence-electron chi connectivity index (χ3n) is 26.8. The van der Waals surface area contributed by atoms with Gasteiger partial charge in [-0.15, -0.1) is 68.0 Å². The number of carbonyl (C=O) groups excluding carboxylic acids is 9. The minimum atomic E-state index is -0.648. The van der Waals surface area contributed by atoms with E-state index in [0.29, 0.717) is 49.5 Å². The summed E-state index contributed by atoms with van der Waals surface area (Å²) >= 11 is 10.4. The molecule has 19 nitrogen and oxygen atoms in total. The summed E-state index contributed by atoms with van der Waals surface area (Å²) in [5, 5.41) is 12.5. The monoisotopic (exact) mass is 1910 g/mol. The first-order chi connectivity index (χ1) is 66.3. The van der Waals surface area contributed by atoms with E-state index in [1.807, 2.05) is 88.6 Å². The number of aromatic nitrogens is 1. The van der Waals surface area contributed by atoms with Crippen molar-refractivity contribution in [2.45, 2.75) is 156 Å². The second-order valence-electron chi connectivity index (χ2n) is 35.7. The number of thiophene rings is 6. The highest BCUT2D eigenvalue weighted by Gasteiger charge is 2.38. The SMILES string of the molecule is CCCCCCc1ccc(-c2ccc(-c3ccc4c5c(cccc35)C(=O)N(CCCC(=O)Nc3cc5c(=O)c6cc(NC(=O)CCCN7C(=O)c8cccc9c(-c%10ccc(-c%11ccc(CCCCCC)s%11)s%10)ccc(c89)C7=O)cc7c(=O)c8cc(NC(=O)CCCN9C(=O)c%10cccc%11c(-c%12ccc(-c%13ccc(CCCCCC)s%13)s%12)ccc(c%10%11)C9=O)cc9c(=O)c(c3)c5n(c67)c98)C4=O)s2)s1. The number of imide groups is 3. The summed E-state index contributed by atoms with van der Waals surface area (Å²) in [5.74, 6) is -4.68. The zero-order chi connectivity index (χ0) is 93.4. The summed E-state index contributed by atoms with van der Waals surface area (Å²) in [6, 6.07) is 62.0. The third-order valence-corrected chi connectivity index (χ3v) is 34.2. The van der Waals surface area contributed by atoms with Crippen LogP contribution in [0.2, 0.25) is 0 Å². The average Bonchev–Trinajstić information content (AvgIpc) is 0.812. The van der Waals surface area contributed by atoms with Crippen LogP contribution < -0.4 is 32.2 Å². The van der Waals surface area contributed by atoms with Gasteiger partial charge in [-0.1, -0.05) is 133 Å². The molecular weight excluding hydrogens is 1820 g/mol. The maximum atomic E-state index is 15.6. The van der Waals surface area contributed by atoms with E-state index in [2.05, 4.69) is 110 Å². The number of benzene rings is 9. The molecule has 3 aliphatic heterocycles. The Kier molecular flexibility index (Phi) is 24.5. The Morgan fingerprint density at radius 3 is 0.765 bits per heavy atom. The topological polar surface area (TPSA) is 255 Å². The molecule has 9 amide bonds. The number of unbranched alkanes of at least 4 members (excludes halogenated alkanes) is 9. The lowest BCUT2D eigenvalue weighted by atomic mass is 9.91. The summed E-state index contributed by atoms with van der Waals surface area (Å²) < 4.78 is 1.66. The molecule has 9 aromatic carbocycles. The quantitative estimate of drug-likeness (QED) is 0.0143. The van der Waals surface area contributed by atoms with Crippen molar-refractivity contribution >= 4 is 219 Å². The van der Waals surface area contributed by atoms with Crippen molar-refractivity contribution < 1.29 is 43.2 Å². The van der Waals surface area contributed by atoms with Gasteiger partial charge in [0.1, 0.15) is 0 Å². The Bertz CT molecular complexity index is 7260. The highest BCUT2D eigenvalue weighted by Crippen LogP contribution is 2.49. The minimum Gasteiger partial charge on any atom is -0.326 e. The van der Waals surface area contributed by atoms with Crippen LogP contribution in [0.25, 0.3) is 142 Å². The van der Waals surface area contributed by atoms with Gasteiger partial charge in [0.25, 0.3) is 35.4 Å². The lowest BCUT2D eigenvalue weighted by molar-refractivity contribution is -0.117. The largest absolute Gasteiger partial charge is 0.326 e. The van der Waals surface area contributed by atoms with Crippen molar-refractivity contribution in [3.8, 4) is 60.6 Å². The highest BCUT2D eigenvalue weighted by molar-refractivity contribution is 7.25. The molecule has 680 valence electrons. The summed E-state index contributed by atoms with van der Waals surface area (Å²) in [5.41, 5.74) is 3.48. The van der Waals surface area contributed by atoms with Crippen LogP contribution in [0.1, 0.15) is 213 Å². The molecule has 9 aromatic heterocycles. The van der Waals surface area contributed by atoms with E-state index >= 15 is 14.4 Å². The lowest BCUT2D eigenvalue weighted by Crippen LogP contribution is -2.41. The Morgan fingerprint density at radius 2 is 0.493 bits per heavy atom. The molecular formula is C111H93N7O12S6. The lowest BCUT2D eigenvalue weighted by Gasteiger charge is -2.27. The summed E-state index contributed by atoms with van der Waals surface area (Å²) in [6.07, 6.45) is 17.0. The van der Waals surface area contributed by atoms with Gasteiger partial charge < -0.3 is 20.4 Å². The van der Waals surface area contributed by atoms with E-state index in [-0.39, 0.29) is 124 Å². The fourth-order valence-corrected chi connectivity index (χ4v) is 26.7. The maximum absolute atomic E-state index is 15.6. The van der Waals surface area contributed by atoms with Crippen LogP contribution in [0.4, 0.5) is 17.1 Å². The molecule has 0 atom stereocenters. The smallest absolute Gasteiger partial charge is 0.261 e. The van der Waals surface area contributed by atoms with Gasteiger partial charge in [-0.2, -0.15) is 0 Å². The summed E-state index contributed by atoms with van der Waals surface area (Å²) in [4.78, 5) is 195. The Labute approximate surface area is 806 Å². The molecule has 0 spiro atoms. The van der Waals surface area contributed by atoms with E-state index in [1.54, 1.807) is 74.8 Å². The van der Waals surface area contributed by atoms with Crippen LogP contribution in [0.15, 0.2) is 215 Å². The second-order valence-corrected chi connectivity index (χ2v) is 42.5. The van der Waals surface area contributed by atoms with E-state index in [1.165, 1.54) is 123 Å². The fraction of sp³-hybridized carbons (Fsp3) is 0.243. The molecule has 18 aromatic rings. The standard InChI is InChI=1S/C111H93N7O12S6/c1-4-7-10-13-22-64-34-43-88(131-64)91-49-46-85(134-91)67-37-40-76-97-70(67)25-16-28-73(97)106(125)115(109(76)128)52-19-31-94(119)112-61-55-79-100-80(56-61)104(123)82-58-63(114-96(121)33-21-54-117-108(127)75-30-18-27-72-69(39-42-78(99(72)75)111(117)130)87-48-51-93(136-87)90-45-36-66(133-90)24-15-12-9-6-3)60-84-102(82)118(100)101-81(103(79)122)57-62(59-83(101)105(84)124)113-95(120)32-20-53-116-107(126)74-29-17-26-71-68(38-41-77(98(71)74)110(116)129)86-47-50-92(135-86)89-44-35-65(132-89)23-14-11-8-5-2/h16-18,25-30,34-51,55-60H,4-15,19-24,31-33,52-54H2,1-3H3,(H,112,119)(H,113,120)(H,114,121). The number of hydrogen-bond donors (Lipinski definition) is 3. The molecule has 21 rings (SSSR count). The van der Waals surface area contributed by atoms with Crippen molar-refractivity contribution in [2.24, 2.45) is 0 Å². The molecule has 0 fully saturated rings. The summed E-state index contributed by atoms with van der Waals surface area (Å²) in [7, 11) is 0. The first kappa shape index (κ1) is 89.1. The Balaban J connectivity index is 0.539. The van der Waals surface area contributed by atoms with Crippen LogP contribution >= 0.6 is 68.0 Å². The Hall–Kier alpha value is -13.4. The average molecular weight is 1910 g/mol. The number of rotatable bonds is 36. The van der Waals surface area contributed by atoms with Gasteiger partial charge in [-0.3, -0.25) is 72.2 Å². The zero-order valence-electron chi connectivity index (χ0n) is 75.2. The van der Waals surface area contributed by atoms with Gasteiger partial charge in [-0.25, -0.2) is 0 Å². The number of pyridine rings is 3. The Morgan fingerprint density at radius 1 is 0.250 bits per heavy atom. The molecule has 3 aliphatic rings. The van der Waals surface area contributed by atoms with Crippen molar-refractivity contribution in [2.75, 3.05) is 35.6 Å². The number of aryl methyl sites for hydroxylation is 3. The van der Waals surface area contributed by atoms with Crippen LogP contribution in [-0.2, 0) is 33.6 Å². The van der Waals surface area contributed by atoms with E-state index in [0.717, 1.165) is 115 Å². The summed E-state index contributed by atoms with van der Waals surface area (Å²) in [6.45, 7) is 6.29. The predicted octanol–water partition coefficient (Wildman–Crippen LogP) is 26.2. The van der Waals surface area contributed by atoms with Crippen LogP contribution in [0.3, 0.4) is 0 Å². The van der Waals surface area contributed by atoms with Crippen molar-refractivity contribution in [3.63, 3.8) is 0 Å². The number of anilines is 3. The zero-order valence-corrected chi connectivity index (χ0v) is 80.1. The fourth-order valence-electron chi connectivity index (χ4n) is 20.2. The predicted molar refractivity (Wildman–Crippen MR) is 555 cm³/mol. The number of amides is 9. The first-order valence-electron chi connectivity index (χ1n) is 47.0. The molecule has 25 heteroatoms. The molecule has 12 heterocycles. The number of nitrogens with zero attached hydrogens (tertiary/aromatic N) is 4. The van der Waals surface area contributed by atoms with Gasteiger partial charge in [0.05, 0.1) is 16.6 Å². The molecule has 3 N–H and O–H groups in total. The van der Waals surface area contributed by atoms with E-state index in [4.69, 9.17) is 0 Å². The maximum Gasteiger partial charge on any atom is 0.261 e.